The van der Waals surface area contributed by atoms with Crippen molar-refractivity contribution in [2.24, 2.45) is 11.0 Å². The topological polar surface area (TPSA) is 52.9 Å². The molecule has 0 saturated carbocycles. The molecular formula is C16H18F4N2O2. The van der Waals surface area contributed by atoms with Gasteiger partial charge in [-0.25, -0.2) is 4.39 Å². The van der Waals surface area contributed by atoms with Crippen LogP contribution in [0.2, 0.25) is 0 Å². The van der Waals surface area contributed by atoms with E-state index >= 15 is 0 Å². The number of hydrogen-bond acceptors (Lipinski definition) is 3. The highest BCUT2D eigenvalue weighted by molar-refractivity contribution is 5.98. The second kappa shape index (κ2) is 6.51. The number of carbonyl (C=O) groups is 1. The Morgan fingerprint density at radius 3 is 2.62 bits per heavy atom. The minimum Gasteiger partial charge on any atom is -0.362 e. The van der Waals surface area contributed by atoms with Crippen molar-refractivity contribution in [3.05, 3.63) is 35.6 Å². The summed E-state index contributed by atoms with van der Waals surface area (Å²) in [7, 11) is 0. The Hall–Kier alpha value is -1.96. The normalized spacial score (nSPS) is 21.3. The molecular weight excluding hydrogens is 328 g/mol. The quantitative estimate of drug-likeness (QED) is 0.845. The van der Waals surface area contributed by atoms with Crippen molar-refractivity contribution in [2.45, 2.75) is 45.0 Å². The standard InChI is InChI=1S/C16H18F4N2O2/c1-10(2)6-7-13-9-15(24,16(18,19)20)22(21-13)14(23)11-4-3-5-12(17)8-11/h3-5,8,10,24H,6-7,9H2,1-2H3/t15-/m0/s1. The Labute approximate surface area is 136 Å². The van der Waals surface area contributed by atoms with Gasteiger partial charge >= 0.3 is 6.18 Å². The van der Waals surface area contributed by atoms with Gasteiger partial charge in [-0.3, -0.25) is 4.79 Å². The van der Waals surface area contributed by atoms with E-state index in [1.165, 1.54) is 12.1 Å². The van der Waals surface area contributed by atoms with Gasteiger partial charge < -0.3 is 5.11 Å². The summed E-state index contributed by atoms with van der Waals surface area (Å²) in [5.41, 5.74) is -3.64. The van der Waals surface area contributed by atoms with Crippen LogP contribution >= 0.6 is 0 Å². The Balaban J connectivity index is 2.35. The molecule has 1 aliphatic rings. The fraction of sp³-hybridized carbons (Fsp3) is 0.500. The number of carbonyl (C=O) groups excluding carboxylic acids is 1. The van der Waals surface area contributed by atoms with Crippen LogP contribution in [0, 0.1) is 11.7 Å². The Morgan fingerprint density at radius 2 is 2.08 bits per heavy atom. The average Bonchev–Trinajstić information content (AvgIpc) is 2.82. The predicted molar refractivity (Wildman–Crippen MR) is 79.7 cm³/mol. The maximum atomic E-state index is 13.3. The molecule has 0 unspecified atom stereocenters. The van der Waals surface area contributed by atoms with Crippen molar-refractivity contribution >= 4 is 11.6 Å². The van der Waals surface area contributed by atoms with Gasteiger partial charge in [0.25, 0.3) is 11.6 Å². The van der Waals surface area contributed by atoms with Gasteiger partial charge in [0, 0.05) is 17.7 Å². The molecule has 1 aromatic carbocycles. The van der Waals surface area contributed by atoms with Gasteiger partial charge in [0.05, 0.1) is 0 Å². The molecule has 0 aromatic heterocycles. The number of hydrazone groups is 1. The first-order valence-electron chi connectivity index (χ1n) is 7.50. The molecule has 0 radical (unpaired) electrons. The molecule has 0 saturated heterocycles. The summed E-state index contributed by atoms with van der Waals surface area (Å²) in [6.07, 6.45) is -5.07. The van der Waals surface area contributed by atoms with E-state index in [1.54, 1.807) is 0 Å². The first-order chi connectivity index (χ1) is 11.0. The molecule has 1 aliphatic heterocycles. The van der Waals surface area contributed by atoms with Gasteiger partial charge in [-0.1, -0.05) is 19.9 Å². The highest BCUT2D eigenvalue weighted by Gasteiger charge is 2.63. The molecule has 1 aromatic rings. The van der Waals surface area contributed by atoms with Crippen molar-refractivity contribution in [2.75, 3.05) is 0 Å². The summed E-state index contributed by atoms with van der Waals surface area (Å²) in [5, 5.41) is 13.8. The molecule has 8 heteroatoms. The third kappa shape index (κ3) is 3.58. The van der Waals surface area contributed by atoms with Crippen LogP contribution in [-0.2, 0) is 0 Å². The lowest BCUT2D eigenvalue weighted by Crippen LogP contribution is -2.56. The van der Waals surface area contributed by atoms with Crippen LogP contribution in [0.3, 0.4) is 0 Å². The fourth-order valence-electron chi connectivity index (χ4n) is 2.39. The van der Waals surface area contributed by atoms with Crippen LogP contribution in [0.25, 0.3) is 0 Å². The second-order valence-electron chi connectivity index (χ2n) is 6.22. The van der Waals surface area contributed by atoms with E-state index in [0.29, 0.717) is 6.42 Å². The summed E-state index contributed by atoms with van der Waals surface area (Å²) in [5.74, 6) is -1.73. The first-order valence-corrected chi connectivity index (χ1v) is 7.50. The summed E-state index contributed by atoms with van der Waals surface area (Å²) in [4.78, 5) is 12.3. The summed E-state index contributed by atoms with van der Waals surface area (Å²) in [6.45, 7) is 3.81. The van der Waals surface area contributed by atoms with Gasteiger partial charge in [0.1, 0.15) is 5.82 Å². The average molecular weight is 346 g/mol. The molecule has 2 rings (SSSR count). The van der Waals surface area contributed by atoms with E-state index in [1.807, 2.05) is 13.8 Å². The zero-order valence-electron chi connectivity index (χ0n) is 13.3. The highest BCUT2D eigenvalue weighted by Crippen LogP contribution is 2.41. The van der Waals surface area contributed by atoms with Crippen LogP contribution in [-0.4, -0.2) is 33.6 Å². The van der Waals surface area contributed by atoms with Gasteiger partial charge in [-0.2, -0.15) is 23.3 Å². The van der Waals surface area contributed by atoms with Crippen LogP contribution in [0.4, 0.5) is 17.6 Å². The minimum absolute atomic E-state index is 0.0252. The van der Waals surface area contributed by atoms with E-state index in [4.69, 9.17) is 0 Å². The molecule has 0 fully saturated rings. The zero-order chi connectivity index (χ0) is 18.1. The number of benzene rings is 1. The molecule has 0 aliphatic carbocycles. The van der Waals surface area contributed by atoms with Gasteiger partial charge in [0.2, 0.25) is 0 Å². The van der Waals surface area contributed by atoms with E-state index < -0.39 is 30.0 Å². The number of nitrogens with zero attached hydrogens (tertiary/aromatic N) is 2. The lowest BCUT2D eigenvalue weighted by molar-refractivity contribution is -0.297. The molecule has 0 bridgehead atoms. The molecule has 1 amide bonds. The van der Waals surface area contributed by atoms with Crippen molar-refractivity contribution in [1.29, 1.82) is 0 Å². The summed E-state index contributed by atoms with van der Waals surface area (Å²) in [6, 6.07) is 4.24. The van der Waals surface area contributed by atoms with Crippen LogP contribution < -0.4 is 0 Å². The third-order valence-electron chi connectivity index (χ3n) is 3.77. The Morgan fingerprint density at radius 1 is 1.42 bits per heavy atom. The first kappa shape index (κ1) is 18.4. The van der Waals surface area contributed by atoms with Gasteiger partial charge in [0.15, 0.2) is 0 Å². The van der Waals surface area contributed by atoms with Crippen molar-refractivity contribution in [1.82, 2.24) is 5.01 Å². The molecule has 1 atom stereocenters. The van der Waals surface area contributed by atoms with E-state index in [2.05, 4.69) is 5.10 Å². The summed E-state index contributed by atoms with van der Waals surface area (Å²) < 4.78 is 53.2. The molecule has 1 N–H and O–H groups in total. The SMILES string of the molecule is CC(C)CCC1=NN(C(=O)c2cccc(F)c2)[C@@](O)(C(F)(F)F)C1. The number of amides is 1. The number of aliphatic hydroxyl groups is 1. The lowest BCUT2D eigenvalue weighted by Gasteiger charge is -2.32. The van der Waals surface area contributed by atoms with Gasteiger partial charge in [-0.15, -0.1) is 0 Å². The summed E-state index contributed by atoms with van der Waals surface area (Å²) >= 11 is 0. The molecule has 0 spiro atoms. The monoisotopic (exact) mass is 346 g/mol. The molecule has 1 heterocycles. The van der Waals surface area contributed by atoms with Crippen LogP contribution in [0.1, 0.15) is 43.5 Å². The largest absolute Gasteiger partial charge is 0.438 e. The number of rotatable bonds is 4. The smallest absolute Gasteiger partial charge is 0.362 e. The van der Waals surface area contributed by atoms with Crippen molar-refractivity contribution in [3.8, 4) is 0 Å². The van der Waals surface area contributed by atoms with Gasteiger partial charge in [-0.05, 0) is 37.0 Å². The highest BCUT2D eigenvalue weighted by atomic mass is 19.4. The zero-order valence-corrected chi connectivity index (χ0v) is 13.3. The van der Waals surface area contributed by atoms with E-state index in [0.717, 1.165) is 12.1 Å². The number of halogens is 4. The van der Waals surface area contributed by atoms with Crippen LogP contribution in [0.15, 0.2) is 29.4 Å². The lowest BCUT2D eigenvalue weighted by atomic mass is 9.99. The molecule has 132 valence electrons. The van der Waals surface area contributed by atoms with Crippen LogP contribution in [0.5, 0.6) is 0 Å². The second-order valence-corrected chi connectivity index (χ2v) is 6.22. The number of hydrogen-bond donors (Lipinski definition) is 1. The maximum Gasteiger partial charge on any atom is 0.438 e. The maximum absolute atomic E-state index is 13.3. The Bertz CT molecular complexity index is 658. The fourth-order valence-corrected chi connectivity index (χ4v) is 2.39. The molecule has 4 nitrogen and oxygen atoms in total. The third-order valence-corrected chi connectivity index (χ3v) is 3.77. The minimum atomic E-state index is -5.08. The Kier molecular flexibility index (Phi) is 4.98. The van der Waals surface area contributed by atoms with E-state index in [9.17, 15) is 27.5 Å². The predicted octanol–water partition coefficient (Wildman–Crippen LogP) is 3.71. The van der Waals surface area contributed by atoms with E-state index in [-0.39, 0.29) is 28.6 Å². The molecule has 24 heavy (non-hydrogen) atoms. The van der Waals surface area contributed by atoms with Crippen molar-refractivity contribution in [3.63, 3.8) is 0 Å². The van der Waals surface area contributed by atoms with Crippen molar-refractivity contribution < 1.29 is 27.5 Å². The number of alkyl halides is 3.